The topological polar surface area (TPSA) is 156 Å². The zero-order chi connectivity index (χ0) is 32.1. The van der Waals surface area contributed by atoms with Gasteiger partial charge in [-0.3, -0.25) is 14.9 Å². The third-order valence-electron chi connectivity index (χ3n) is 9.17. The molecule has 13 heteroatoms. The molecule has 246 valence electrons. The number of rotatable bonds is 12. The van der Waals surface area contributed by atoms with Gasteiger partial charge < -0.3 is 33.3 Å². The number of likely N-dealkylation sites (tertiary alicyclic amines) is 1. The molecule has 9 atom stereocenters. The minimum Gasteiger partial charge on any atom is -0.460 e. The van der Waals surface area contributed by atoms with E-state index >= 15 is 0 Å². The molecule has 3 saturated heterocycles. The van der Waals surface area contributed by atoms with Crippen molar-refractivity contribution in [2.75, 3.05) is 13.2 Å². The fraction of sp³-hybridized carbons (Fsp3) is 0.656. The van der Waals surface area contributed by atoms with E-state index < -0.39 is 66.8 Å². The van der Waals surface area contributed by atoms with E-state index in [1.807, 2.05) is 30.3 Å². The van der Waals surface area contributed by atoms with Crippen molar-refractivity contribution in [1.82, 2.24) is 10.2 Å². The Balaban J connectivity index is 1.26. The van der Waals surface area contributed by atoms with Gasteiger partial charge in [-0.2, -0.15) is 0 Å². The summed E-state index contributed by atoms with van der Waals surface area (Å²) in [4.78, 5) is 65.4. The molecule has 0 bridgehead atoms. The first-order chi connectivity index (χ1) is 21.6. The maximum absolute atomic E-state index is 14.1. The number of aryl methyl sites for hydroxylation is 1. The van der Waals surface area contributed by atoms with Crippen LogP contribution < -0.4 is 5.32 Å². The first kappa shape index (κ1) is 32.5. The average molecular weight is 631 g/mol. The zero-order valence-corrected chi connectivity index (χ0v) is 25.9. The normalized spacial score (nSPS) is 30.3. The number of nitrogens with zero attached hydrogens (tertiary/aromatic N) is 1. The van der Waals surface area contributed by atoms with Crippen molar-refractivity contribution in [2.45, 2.75) is 114 Å². The van der Waals surface area contributed by atoms with Crippen LogP contribution in [-0.4, -0.2) is 96.9 Å². The lowest BCUT2D eigenvalue weighted by Gasteiger charge is -2.35. The summed E-state index contributed by atoms with van der Waals surface area (Å²) in [5.74, 6) is -1.28. The van der Waals surface area contributed by atoms with Gasteiger partial charge >= 0.3 is 24.2 Å². The average Bonchev–Trinajstić information content (AvgIpc) is 3.68. The van der Waals surface area contributed by atoms with Crippen molar-refractivity contribution >= 4 is 30.2 Å². The number of fused-ring (bicyclic) bond motifs is 1. The van der Waals surface area contributed by atoms with Crippen molar-refractivity contribution in [3.05, 3.63) is 35.9 Å². The Morgan fingerprint density at radius 1 is 0.911 bits per heavy atom. The number of esters is 2. The van der Waals surface area contributed by atoms with Gasteiger partial charge in [0, 0.05) is 6.04 Å². The van der Waals surface area contributed by atoms with Crippen LogP contribution in [0.25, 0.3) is 0 Å². The van der Waals surface area contributed by atoms with Gasteiger partial charge in [-0.1, -0.05) is 43.2 Å². The van der Waals surface area contributed by atoms with Crippen LogP contribution in [-0.2, 0) is 49.2 Å². The van der Waals surface area contributed by atoms with Gasteiger partial charge in [-0.15, -0.1) is 0 Å². The molecule has 1 aromatic rings. The van der Waals surface area contributed by atoms with E-state index in [1.54, 1.807) is 25.7 Å². The van der Waals surface area contributed by atoms with Crippen molar-refractivity contribution in [3.63, 3.8) is 0 Å². The second-order valence-corrected chi connectivity index (χ2v) is 12.3. The third-order valence-corrected chi connectivity index (χ3v) is 9.17. The second kappa shape index (κ2) is 14.5. The first-order valence-electron chi connectivity index (χ1n) is 15.8. The molecular weight excluding hydrogens is 588 g/mol. The summed E-state index contributed by atoms with van der Waals surface area (Å²) in [6, 6.07) is 7.05. The molecule has 5 rings (SSSR count). The second-order valence-electron chi connectivity index (χ2n) is 12.3. The third kappa shape index (κ3) is 7.86. The molecule has 4 aliphatic rings. The van der Waals surface area contributed by atoms with Crippen LogP contribution in [0.1, 0.15) is 64.9 Å². The summed E-state index contributed by atoms with van der Waals surface area (Å²) in [7, 11) is 0. The highest BCUT2D eigenvalue weighted by molar-refractivity contribution is 5.89. The Morgan fingerprint density at radius 3 is 2.16 bits per heavy atom. The molecule has 4 unspecified atom stereocenters. The number of carbonyl (C=O) groups excluding carboxylic acids is 5. The Bertz CT molecular complexity index is 1240. The van der Waals surface area contributed by atoms with Crippen LogP contribution >= 0.6 is 0 Å². The van der Waals surface area contributed by atoms with Crippen LogP contribution in [0.4, 0.5) is 9.59 Å². The number of hydrogen-bond donors (Lipinski definition) is 1. The van der Waals surface area contributed by atoms with E-state index in [0.29, 0.717) is 19.3 Å². The minimum absolute atomic E-state index is 0.118. The highest BCUT2D eigenvalue weighted by Crippen LogP contribution is 2.40. The number of cyclic esters (lactones) is 4. The Hall–Kier alpha value is -3.87. The first-order valence-corrected chi connectivity index (χ1v) is 15.8. The SMILES string of the molecule is CC1OC(=O)OC1COC(=O)[C@H](CCc1ccccc1)N[C@@H](C)C(=O)N1[C@H](C(=O)OCC2OC(=O)OC2C)C[C@H]2CCCC[C@@H]21. The summed E-state index contributed by atoms with van der Waals surface area (Å²) in [5, 5.41) is 3.17. The molecular formula is C32H42N2O11. The Kier molecular flexibility index (Phi) is 10.5. The van der Waals surface area contributed by atoms with Crippen LogP contribution in [0.5, 0.6) is 0 Å². The number of carbonyl (C=O) groups is 5. The molecule has 1 N–H and O–H groups in total. The minimum atomic E-state index is -0.855. The number of amides is 1. The van der Waals surface area contributed by atoms with Gasteiger partial charge in [0.15, 0.2) is 12.2 Å². The van der Waals surface area contributed by atoms with Gasteiger partial charge in [-0.25, -0.2) is 14.4 Å². The smallest absolute Gasteiger partial charge is 0.460 e. The molecule has 0 aromatic heterocycles. The van der Waals surface area contributed by atoms with E-state index in [9.17, 15) is 24.0 Å². The zero-order valence-electron chi connectivity index (χ0n) is 25.9. The van der Waals surface area contributed by atoms with Crippen LogP contribution in [0.2, 0.25) is 0 Å². The molecule has 13 nitrogen and oxygen atoms in total. The molecule has 1 saturated carbocycles. The van der Waals surface area contributed by atoms with Gasteiger partial charge in [-0.05, 0) is 64.4 Å². The van der Waals surface area contributed by atoms with Crippen molar-refractivity contribution in [2.24, 2.45) is 5.92 Å². The summed E-state index contributed by atoms with van der Waals surface area (Å²) in [5.41, 5.74) is 1.02. The largest absolute Gasteiger partial charge is 0.509 e. The Labute approximate surface area is 262 Å². The standard InChI is InChI=1S/C32H42N2O11/c1-18(33-23(14-13-21-9-5-4-6-10-21)29(36)40-16-26-19(2)42-31(38)44-26)28(35)34-24-12-8-7-11-22(24)15-25(34)30(37)41-17-27-20(3)43-32(39)45-27/h4-6,9-10,18-20,22-27,33H,7-8,11-17H2,1-3H3/t18-,19?,20?,22+,23-,24-,25-,26?,27?/m0/s1. The van der Waals surface area contributed by atoms with E-state index in [4.69, 9.17) is 28.4 Å². The van der Waals surface area contributed by atoms with E-state index in [1.165, 1.54) is 0 Å². The van der Waals surface area contributed by atoms with Gasteiger partial charge in [0.1, 0.15) is 37.5 Å². The van der Waals surface area contributed by atoms with Gasteiger partial charge in [0.2, 0.25) is 5.91 Å². The number of nitrogens with one attached hydrogen (secondary N) is 1. The lowest BCUT2D eigenvalue weighted by Crippen LogP contribution is -2.56. The summed E-state index contributed by atoms with van der Waals surface area (Å²) in [6.07, 6.45) is 0.856. The highest BCUT2D eigenvalue weighted by Gasteiger charge is 2.49. The molecule has 1 aromatic carbocycles. The van der Waals surface area contributed by atoms with Crippen molar-refractivity contribution in [1.29, 1.82) is 0 Å². The number of hydrogen-bond acceptors (Lipinski definition) is 12. The summed E-state index contributed by atoms with van der Waals surface area (Å²) >= 11 is 0. The summed E-state index contributed by atoms with van der Waals surface area (Å²) in [6.45, 7) is 4.64. The number of ether oxygens (including phenoxy) is 6. The molecule has 0 spiro atoms. The van der Waals surface area contributed by atoms with E-state index in [-0.39, 0.29) is 31.1 Å². The van der Waals surface area contributed by atoms with Crippen molar-refractivity contribution < 1.29 is 52.4 Å². The predicted octanol–water partition coefficient (Wildman–Crippen LogP) is 3.06. The van der Waals surface area contributed by atoms with Crippen LogP contribution in [0, 0.1) is 5.92 Å². The Morgan fingerprint density at radius 2 is 1.53 bits per heavy atom. The van der Waals surface area contributed by atoms with E-state index in [0.717, 1.165) is 31.2 Å². The molecule has 1 amide bonds. The predicted molar refractivity (Wildman–Crippen MR) is 156 cm³/mol. The highest BCUT2D eigenvalue weighted by atomic mass is 16.8. The van der Waals surface area contributed by atoms with Crippen LogP contribution in [0.3, 0.4) is 0 Å². The molecule has 0 radical (unpaired) electrons. The fourth-order valence-electron chi connectivity index (χ4n) is 6.62. The fourth-order valence-corrected chi connectivity index (χ4v) is 6.62. The van der Waals surface area contributed by atoms with E-state index in [2.05, 4.69) is 5.32 Å². The molecule has 45 heavy (non-hydrogen) atoms. The maximum Gasteiger partial charge on any atom is 0.509 e. The van der Waals surface area contributed by atoms with Gasteiger partial charge in [0.25, 0.3) is 0 Å². The van der Waals surface area contributed by atoms with Crippen molar-refractivity contribution in [3.8, 4) is 0 Å². The lowest BCUT2D eigenvalue weighted by molar-refractivity contribution is -0.158. The molecule has 3 heterocycles. The molecule has 4 fully saturated rings. The quantitative estimate of drug-likeness (QED) is 0.266. The lowest BCUT2D eigenvalue weighted by atomic mass is 9.84. The maximum atomic E-state index is 14.1. The monoisotopic (exact) mass is 630 g/mol. The number of benzene rings is 1. The summed E-state index contributed by atoms with van der Waals surface area (Å²) < 4.78 is 31.2. The van der Waals surface area contributed by atoms with Crippen LogP contribution in [0.15, 0.2) is 30.3 Å². The van der Waals surface area contributed by atoms with Gasteiger partial charge in [0.05, 0.1) is 6.04 Å². The molecule has 1 aliphatic carbocycles. The molecule has 3 aliphatic heterocycles.